The molecular formula is C14H11N3O. The number of aromatic nitrogens is 2. The van der Waals surface area contributed by atoms with Gasteiger partial charge in [0.05, 0.1) is 17.6 Å². The van der Waals surface area contributed by atoms with Crippen LogP contribution in [0, 0.1) is 20.4 Å². The Morgan fingerprint density at radius 2 is 1.94 bits per heavy atom. The molecule has 1 N–H and O–H groups in total. The Kier molecular flexibility index (Phi) is 2.05. The first-order valence-corrected chi connectivity index (χ1v) is 5.65. The minimum Gasteiger partial charge on any atom is -0.349 e. The average molecular weight is 237 g/mol. The van der Waals surface area contributed by atoms with Crippen molar-refractivity contribution in [2.45, 2.75) is 13.8 Å². The molecule has 0 aliphatic carbocycles. The fourth-order valence-electron chi connectivity index (χ4n) is 2.27. The molecule has 1 aromatic carbocycles. The van der Waals surface area contributed by atoms with E-state index in [0.717, 1.165) is 16.6 Å². The first kappa shape index (κ1) is 10.6. The van der Waals surface area contributed by atoms with Crippen molar-refractivity contribution in [2.24, 2.45) is 0 Å². The average Bonchev–Trinajstić information content (AvgIpc) is 2.76. The van der Waals surface area contributed by atoms with Crippen LogP contribution in [-0.2, 0) is 0 Å². The molecule has 0 atom stereocenters. The van der Waals surface area contributed by atoms with E-state index in [1.165, 1.54) is 0 Å². The molecule has 0 amide bonds. The standard InChI is InChI=1S/C14H11N3O/c1-8-9(2)14(18)17-11-7-5-4-6-10(11)16-13(17)12(8)15-3/h4-7,16H,1-2H3. The van der Waals surface area contributed by atoms with E-state index < -0.39 is 0 Å². The van der Waals surface area contributed by atoms with Gasteiger partial charge in [-0.1, -0.05) is 12.1 Å². The summed E-state index contributed by atoms with van der Waals surface area (Å²) in [6.07, 6.45) is 0. The van der Waals surface area contributed by atoms with Gasteiger partial charge in [0.1, 0.15) is 5.65 Å². The topological polar surface area (TPSA) is 41.6 Å². The highest BCUT2D eigenvalue weighted by Gasteiger charge is 2.15. The number of aromatic amines is 1. The van der Waals surface area contributed by atoms with Gasteiger partial charge in [-0.05, 0) is 31.5 Å². The SMILES string of the molecule is [C-]#[N+]c1c(C)c(C)c(=O)n2c1[nH]c1ccccc12. The Balaban J connectivity index is 2.74. The van der Waals surface area contributed by atoms with E-state index in [9.17, 15) is 4.79 Å². The van der Waals surface area contributed by atoms with Gasteiger partial charge in [0.2, 0.25) is 5.69 Å². The number of H-pyrrole nitrogens is 1. The van der Waals surface area contributed by atoms with Gasteiger partial charge >= 0.3 is 0 Å². The van der Waals surface area contributed by atoms with E-state index in [1.54, 1.807) is 11.3 Å². The summed E-state index contributed by atoms with van der Waals surface area (Å²) < 4.78 is 1.59. The maximum atomic E-state index is 12.3. The van der Waals surface area contributed by atoms with Crippen LogP contribution in [0.15, 0.2) is 29.1 Å². The highest BCUT2D eigenvalue weighted by atomic mass is 16.1. The lowest BCUT2D eigenvalue weighted by Crippen LogP contribution is -2.16. The fraction of sp³-hybridized carbons (Fsp3) is 0.143. The van der Waals surface area contributed by atoms with Crippen molar-refractivity contribution in [1.29, 1.82) is 0 Å². The summed E-state index contributed by atoms with van der Waals surface area (Å²) >= 11 is 0. The normalized spacial score (nSPS) is 10.9. The molecule has 0 bridgehead atoms. The number of imidazole rings is 1. The number of para-hydroxylation sites is 2. The number of hydrogen-bond donors (Lipinski definition) is 1. The van der Waals surface area contributed by atoms with Gasteiger partial charge in [-0.15, -0.1) is 0 Å². The molecular weight excluding hydrogens is 226 g/mol. The van der Waals surface area contributed by atoms with Crippen LogP contribution in [0.2, 0.25) is 0 Å². The van der Waals surface area contributed by atoms with Crippen molar-refractivity contribution in [2.75, 3.05) is 0 Å². The largest absolute Gasteiger partial charge is 0.349 e. The van der Waals surface area contributed by atoms with Crippen LogP contribution in [-0.4, -0.2) is 9.38 Å². The number of fused-ring (bicyclic) bond motifs is 3. The Hall–Kier alpha value is -2.54. The number of rotatable bonds is 0. The van der Waals surface area contributed by atoms with E-state index in [-0.39, 0.29) is 5.56 Å². The van der Waals surface area contributed by atoms with Crippen LogP contribution in [0.1, 0.15) is 11.1 Å². The van der Waals surface area contributed by atoms with Crippen molar-refractivity contribution in [3.05, 3.63) is 57.2 Å². The Labute approximate surface area is 103 Å². The van der Waals surface area contributed by atoms with E-state index in [2.05, 4.69) is 9.83 Å². The number of benzene rings is 1. The van der Waals surface area contributed by atoms with Crippen molar-refractivity contribution in [3.63, 3.8) is 0 Å². The van der Waals surface area contributed by atoms with Gasteiger partial charge in [-0.25, -0.2) is 4.85 Å². The van der Waals surface area contributed by atoms with Gasteiger partial charge in [-0.3, -0.25) is 9.20 Å². The third kappa shape index (κ3) is 1.16. The molecule has 2 aromatic heterocycles. The van der Waals surface area contributed by atoms with Crippen LogP contribution in [0.4, 0.5) is 5.69 Å². The second-order valence-corrected chi connectivity index (χ2v) is 4.34. The lowest BCUT2D eigenvalue weighted by atomic mass is 10.1. The highest BCUT2D eigenvalue weighted by Crippen LogP contribution is 2.27. The summed E-state index contributed by atoms with van der Waals surface area (Å²) in [4.78, 5) is 19.0. The monoisotopic (exact) mass is 237 g/mol. The number of nitrogens with one attached hydrogen (secondary N) is 1. The van der Waals surface area contributed by atoms with E-state index >= 15 is 0 Å². The molecule has 88 valence electrons. The third-order valence-electron chi connectivity index (χ3n) is 3.40. The van der Waals surface area contributed by atoms with Crippen LogP contribution >= 0.6 is 0 Å². The van der Waals surface area contributed by atoms with Gasteiger partial charge in [0.15, 0.2) is 0 Å². The molecule has 3 aromatic rings. The summed E-state index contributed by atoms with van der Waals surface area (Å²) in [6, 6.07) is 7.57. The van der Waals surface area contributed by atoms with Gasteiger partial charge in [-0.2, -0.15) is 0 Å². The van der Waals surface area contributed by atoms with Crippen molar-refractivity contribution < 1.29 is 0 Å². The maximum Gasteiger partial charge on any atom is 0.257 e. The Morgan fingerprint density at radius 1 is 1.22 bits per heavy atom. The Bertz CT molecular complexity index is 878. The molecule has 0 unspecified atom stereocenters. The highest BCUT2D eigenvalue weighted by molar-refractivity contribution is 5.86. The van der Waals surface area contributed by atoms with E-state index in [0.29, 0.717) is 16.9 Å². The molecule has 0 aliphatic rings. The van der Waals surface area contributed by atoms with Gasteiger partial charge in [0.25, 0.3) is 5.56 Å². The molecule has 3 rings (SSSR count). The summed E-state index contributed by atoms with van der Waals surface area (Å²) in [5.74, 6) is 0. The molecule has 4 nitrogen and oxygen atoms in total. The molecule has 0 saturated carbocycles. The summed E-state index contributed by atoms with van der Waals surface area (Å²) in [5, 5.41) is 0. The number of pyridine rings is 1. The predicted molar refractivity (Wildman–Crippen MR) is 71.3 cm³/mol. The van der Waals surface area contributed by atoms with Crippen LogP contribution in [0.3, 0.4) is 0 Å². The molecule has 18 heavy (non-hydrogen) atoms. The van der Waals surface area contributed by atoms with Gasteiger partial charge in [0, 0.05) is 5.56 Å². The number of nitrogens with zero attached hydrogens (tertiary/aromatic N) is 2. The quantitative estimate of drug-likeness (QED) is 0.600. The maximum absolute atomic E-state index is 12.3. The smallest absolute Gasteiger partial charge is 0.257 e. The minimum atomic E-state index is -0.0626. The second kappa shape index (κ2) is 3.47. The van der Waals surface area contributed by atoms with Crippen LogP contribution < -0.4 is 5.56 Å². The van der Waals surface area contributed by atoms with E-state index in [1.807, 2.05) is 31.2 Å². The first-order chi connectivity index (χ1) is 8.65. The fourth-order valence-corrected chi connectivity index (χ4v) is 2.27. The second-order valence-electron chi connectivity index (χ2n) is 4.34. The van der Waals surface area contributed by atoms with Crippen molar-refractivity contribution >= 4 is 22.4 Å². The van der Waals surface area contributed by atoms with Crippen LogP contribution in [0.5, 0.6) is 0 Å². The lowest BCUT2D eigenvalue weighted by molar-refractivity contribution is 1.10. The molecule has 2 heterocycles. The summed E-state index contributed by atoms with van der Waals surface area (Å²) in [7, 11) is 0. The molecule has 0 fully saturated rings. The first-order valence-electron chi connectivity index (χ1n) is 5.65. The lowest BCUT2D eigenvalue weighted by Gasteiger charge is -2.04. The summed E-state index contributed by atoms with van der Waals surface area (Å²) in [5.41, 5.74) is 4.09. The summed E-state index contributed by atoms with van der Waals surface area (Å²) in [6.45, 7) is 10.9. The zero-order valence-corrected chi connectivity index (χ0v) is 10.1. The van der Waals surface area contributed by atoms with Crippen LogP contribution in [0.25, 0.3) is 21.5 Å². The molecule has 0 spiro atoms. The van der Waals surface area contributed by atoms with Gasteiger partial charge < -0.3 is 4.98 Å². The molecule has 0 aliphatic heterocycles. The molecule has 0 saturated heterocycles. The zero-order chi connectivity index (χ0) is 12.9. The minimum absolute atomic E-state index is 0.0626. The molecule has 4 heteroatoms. The molecule has 0 radical (unpaired) electrons. The zero-order valence-electron chi connectivity index (χ0n) is 10.1. The number of hydrogen-bond acceptors (Lipinski definition) is 1. The predicted octanol–water partition coefficient (Wildman–Crippen LogP) is 2.95. The third-order valence-corrected chi connectivity index (χ3v) is 3.40. The Morgan fingerprint density at radius 3 is 2.67 bits per heavy atom. The van der Waals surface area contributed by atoms with Crippen molar-refractivity contribution in [1.82, 2.24) is 9.38 Å². The van der Waals surface area contributed by atoms with Crippen molar-refractivity contribution in [3.8, 4) is 0 Å². The van der Waals surface area contributed by atoms with E-state index in [4.69, 9.17) is 6.57 Å².